The summed E-state index contributed by atoms with van der Waals surface area (Å²) in [5.41, 5.74) is 1.11. The van der Waals surface area contributed by atoms with E-state index in [1.54, 1.807) is 13.2 Å². The van der Waals surface area contributed by atoms with Gasteiger partial charge in [-0.2, -0.15) is 4.98 Å². The highest BCUT2D eigenvalue weighted by Gasteiger charge is 2.12. The number of hydrogen-bond donors (Lipinski definition) is 1. The molecule has 8 nitrogen and oxygen atoms in total. The molecule has 120 valence electrons. The number of rotatable bonds is 6. The van der Waals surface area contributed by atoms with Gasteiger partial charge in [0.15, 0.2) is 5.82 Å². The molecule has 0 aliphatic carbocycles. The fourth-order valence-corrected chi connectivity index (χ4v) is 2.16. The fraction of sp³-hybridized carbons (Fsp3) is 0.333. The van der Waals surface area contributed by atoms with Crippen LogP contribution in [0.2, 0.25) is 0 Å². The summed E-state index contributed by atoms with van der Waals surface area (Å²) in [7, 11) is 3.49. The molecule has 23 heavy (non-hydrogen) atoms. The molecule has 1 amide bonds. The van der Waals surface area contributed by atoms with E-state index in [2.05, 4.69) is 20.4 Å². The van der Waals surface area contributed by atoms with E-state index in [4.69, 9.17) is 9.26 Å². The predicted octanol–water partition coefficient (Wildman–Crippen LogP) is 1.08. The van der Waals surface area contributed by atoms with Crippen molar-refractivity contribution in [1.29, 1.82) is 0 Å². The average Bonchev–Trinajstić information content (AvgIpc) is 3.17. The van der Waals surface area contributed by atoms with Crippen LogP contribution in [0.5, 0.6) is 0 Å². The van der Waals surface area contributed by atoms with E-state index in [9.17, 15) is 4.79 Å². The molecule has 0 radical (unpaired) electrons. The minimum absolute atomic E-state index is 0.158. The van der Waals surface area contributed by atoms with Gasteiger partial charge < -0.3 is 19.1 Å². The van der Waals surface area contributed by atoms with Crippen LogP contribution in [0.4, 0.5) is 0 Å². The molecule has 0 aromatic carbocycles. The molecule has 3 rings (SSSR count). The Hall–Kier alpha value is -2.74. The first-order chi connectivity index (χ1) is 11.2. The van der Waals surface area contributed by atoms with Gasteiger partial charge in [-0.15, -0.1) is 0 Å². The van der Waals surface area contributed by atoms with E-state index >= 15 is 0 Å². The molecule has 0 unspecified atom stereocenters. The summed E-state index contributed by atoms with van der Waals surface area (Å²) in [6, 6.07) is 5.51. The summed E-state index contributed by atoms with van der Waals surface area (Å²) < 4.78 is 11.9. The molecular weight excluding hydrogens is 298 g/mol. The van der Waals surface area contributed by atoms with Crippen molar-refractivity contribution in [3.8, 4) is 0 Å². The van der Waals surface area contributed by atoms with Crippen molar-refractivity contribution in [2.45, 2.75) is 13.0 Å². The monoisotopic (exact) mass is 315 g/mol. The van der Waals surface area contributed by atoms with Gasteiger partial charge >= 0.3 is 0 Å². The van der Waals surface area contributed by atoms with Crippen LogP contribution in [0.25, 0.3) is 11.0 Å². The van der Waals surface area contributed by atoms with Gasteiger partial charge in [-0.1, -0.05) is 5.16 Å². The van der Waals surface area contributed by atoms with Crippen molar-refractivity contribution >= 4 is 16.9 Å². The maximum atomic E-state index is 12.2. The minimum Gasteiger partial charge on any atom is -0.384 e. The number of nitrogens with zero attached hydrogens (tertiary/aromatic N) is 4. The van der Waals surface area contributed by atoms with Crippen LogP contribution in [-0.2, 0) is 24.8 Å². The Balaban J connectivity index is 1.63. The summed E-state index contributed by atoms with van der Waals surface area (Å²) in [6.45, 7) is 0.678. The number of carbonyl (C=O) groups is 1. The molecule has 3 heterocycles. The number of methoxy groups -OCH3 is 1. The average molecular weight is 315 g/mol. The third kappa shape index (κ3) is 3.37. The first-order valence-corrected chi connectivity index (χ1v) is 7.18. The van der Waals surface area contributed by atoms with E-state index < -0.39 is 0 Å². The second kappa shape index (κ2) is 6.57. The smallest absolute Gasteiger partial charge is 0.270 e. The van der Waals surface area contributed by atoms with Gasteiger partial charge in [0.2, 0.25) is 5.89 Å². The highest BCUT2D eigenvalue weighted by atomic mass is 16.5. The van der Waals surface area contributed by atoms with Crippen LogP contribution >= 0.6 is 0 Å². The third-order valence-corrected chi connectivity index (χ3v) is 3.39. The number of pyridine rings is 1. The van der Waals surface area contributed by atoms with Crippen molar-refractivity contribution in [2.75, 3.05) is 13.7 Å². The number of amides is 1. The summed E-state index contributed by atoms with van der Waals surface area (Å²) in [5.74, 6) is 0.619. The zero-order chi connectivity index (χ0) is 16.2. The van der Waals surface area contributed by atoms with Crippen molar-refractivity contribution in [3.05, 3.63) is 41.8 Å². The van der Waals surface area contributed by atoms with E-state index in [1.807, 2.05) is 29.9 Å². The molecule has 0 saturated carbocycles. The Morgan fingerprint density at radius 1 is 1.35 bits per heavy atom. The number of aromatic nitrogens is 4. The van der Waals surface area contributed by atoms with Crippen molar-refractivity contribution in [3.63, 3.8) is 0 Å². The molecule has 0 saturated heterocycles. The van der Waals surface area contributed by atoms with Crippen LogP contribution in [0.1, 0.15) is 22.2 Å². The molecule has 0 fully saturated rings. The largest absolute Gasteiger partial charge is 0.384 e. The standard InChI is InChI=1S/C15H17N5O3/c1-20-7-5-10-3-4-11(17-14(10)20)15(21)16-9-13-18-12(19-23-13)6-8-22-2/h3-5,7H,6,8-9H2,1-2H3,(H,16,21). The van der Waals surface area contributed by atoms with Crippen LogP contribution in [-0.4, -0.2) is 39.3 Å². The van der Waals surface area contributed by atoms with Crippen LogP contribution < -0.4 is 5.32 Å². The summed E-state index contributed by atoms with van der Waals surface area (Å²) >= 11 is 0. The maximum Gasteiger partial charge on any atom is 0.270 e. The van der Waals surface area contributed by atoms with Gasteiger partial charge in [0.25, 0.3) is 5.91 Å². The molecule has 0 bridgehead atoms. The molecule has 3 aromatic heterocycles. The van der Waals surface area contributed by atoms with E-state index in [0.29, 0.717) is 30.4 Å². The topological polar surface area (TPSA) is 95.1 Å². The number of aryl methyl sites for hydroxylation is 1. The molecule has 8 heteroatoms. The van der Waals surface area contributed by atoms with Gasteiger partial charge in [-0.3, -0.25) is 4.79 Å². The number of hydrogen-bond acceptors (Lipinski definition) is 6. The van der Waals surface area contributed by atoms with Crippen LogP contribution in [0.3, 0.4) is 0 Å². The van der Waals surface area contributed by atoms with Crippen LogP contribution in [0.15, 0.2) is 28.9 Å². The van der Waals surface area contributed by atoms with E-state index in [0.717, 1.165) is 11.0 Å². The highest BCUT2D eigenvalue weighted by molar-refractivity contribution is 5.94. The second-order valence-corrected chi connectivity index (χ2v) is 5.07. The third-order valence-electron chi connectivity index (χ3n) is 3.39. The van der Waals surface area contributed by atoms with E-state index in [1.165, 1.54) is 0 Å². The van der Waals surface area contributed by atoms with Gasteiger partial charge in [0, 0.05) is 32.2 Å². The Kier molecular flexibility index (Phi) is 4.33. The lowest BCUT2D eigenvalue weighted by molar-refractivity contribution is 0.0941. The number of nitrogens with one attached hydrogen (secondary N) is 1. The molecule has 3 aromatic rings. The molecular formula is C15H17N5O3. The Labute approximate surface area is 132 Å². The minimum atomic E-state index is -0.287. The number of carbonyl (C=O) groups excluding carboxylic acids is 1. The second-order valence-electron chi connectivity index (χ2n) is 5.07. The van der Waals surface area contributed by atoms with Gasteiger partial charge in [0.1, 0.15) is 11.3 Å². The summed E-state index contributed by atoms with van der Waals surface area (Å²) in [4.78, 5) is 20.7. The Bertz CT molecular complexity index is 823. The molecule has 0 aliphatic rings. The van der Waals surface area contributed by atoms with Crippen molar-refractivity contribution in [2.24, 2.45) is 7.05 Å². The summed E-state index contributed by atoms with van der Waals surface area (Å²) in [6.07, 6.45) is 2.47. The predicted molar refractivity (Wildman–Crippen MR) is 81.8 cm³/mol. The first-order valence-electron chi connectivity index (χ1n) is 7.18. The quantitative estimate of drug-likeness (QED) is 0.731. The van der Waals surface area contributed by atoms with Gasteiger partial charge in [-0.25, -0.2) is 4.98 Å². The lowest BCUT2D eigenvalue weighted by atomic mass is 10.3. The normalized spacial score (nSPS) is 11.0. The Morgan fingerprint density at radius 2 is 2.22 bits per heavy atom. The number of ether oxygens (including phenoxy) is 1. The van der Waals surface area contributed by atoms with E-state index in [-0.39, 0.29) is 12.5 Å². The zero-order valence-corrected chi connectivity index (χ0v) is 12.9. The highest BCUT2D eigenvalue weighted by Crippen LogP contribution is 2.12. The zero-order valence-electron chi connectivity index (χ0n) is 12.9. The molecule has 0 atom stereocenters. The fourth-order valence-electron chi connectivity index (χ4n) is 2.16. The number of fused-ring (bicyclic) bond motifs is 1. The van der Waals surface area contributed by atoms with Crippen molar-refractivity contribution < 1.29 is 14.1 Å². The van der Waals surface area contributed by atoms with Crippen molar-refractivity contribution in [1.82, 2.24) is 25.0 Å². The first kappa shape index (κ1) is 15.2. The Morgan fingerprint density at radius 3 is 3.04 bits per heavy atom. The van der Waals surface area contributed by atoms with Gasteiger partial charge in [0.05, 0.1) is 13.2 Å². The molecule has 1 N–H and O–H groups in total. The maximum absolute atomic E-state index is 12.2. The molecule has 0 aliphatic heterocycles. The molecule has 0 spiro atoms. The summed E-state index contributed by atoms with van der Waals surface area (Å²) in [5, 5.41) is 7.53. The van der Waals surface area contributed by atoms with Gasteiger partial charge in [-0.05, 0) is 18.2 Å². The SMILES string of the molecule is COCCc1noc(CNC(=O)c2ccc3ccn(C)c3n2)n1. The lowest BCUT2D eigenvalue weighted by Gasteiger charge is -2.03. The van der Waals surface area contributed by atoms with Crippen LogP contribution in [0, 0.1) is 0 Å². The lowest BCUT2D eigenvalue weighted by Crippen LogP contribution is -2.24.